The number of rotatable bonds is 6. The van der Waals surface area contributed by atoms with E-state index >= 15 is 0 Å². The van der Waals surface area contributed by atoms with Gasteiger partial charge in [-0.25, -0.2) is 4.98 Å². The van der Waals surface area contributed by atoms with Crippen molar-refractivity contribution in [3.8, 4) is 6.07 Å². The molecule has 0 bridgehead atoms. The van der Waals surface area contributed by atoms with E-state index < -0.39 is 5.91 Å². The molecule has 0 spiro atoms. The second kappa shape index (κ2) is 8.93. The van der Waals surface area contributed by atoms with Crippen LogP contribution in [-0.4, -0.2) is 26.6 Å². The van der Waals surface area contributed by atoms with E-state index in [1.807, 2.05) is 36.7 Å². The van der Waals surface area contributed by atoms with Gasteiger partial charge in [0, 0.05) is 5.39 Å². The normalized spacial score (nSPS) is 10.7. The van der Waals surface area contributed by atoms with Crippen molar-refractivity contribution in [2.75, 3.05) is 5.32 Å². The Kier molecular flexibility index (Phi) is 5.87. The predicted molar refractivity (Wildman–Crippen MR) is 125 cm³/mol. The van der Waals surface area contributed by atoms with Gasteiger partial charge in [0.15, 0.2) is 0 Å². The van der Waals surface area contributed by atoms with Gasteiger partial charge in [0.2, 0.25) is 0 Å². The SMILES string of the molecule is CCc1nn(Cc2ccc(C#N)cc2)c(C)c1NC(=O)c1cc(C(N)=O)nc2ccccc12. The van der Waals surface area contributed by atoms with Crippen molar-refractivity contribution in [1.82, 2.24) is 14.8 Å². The summed E-state index contributed by atoms with van der Waals surface area (Å²) in [6, 6.07) is 17.9. The Labute approximate surface area is 190 Å². The van der Waals surface area contributed by atoms with Gasteiger partial charge in [-0.3, -0.25) is 14.3 Å². The lowest BCUT2D eigenvalue weighted by molar-refractivity contribution is 0.0996. The fourth-order valence-corrected chi connectivity index (χ4v) is 3.70. The first-order valence-electron chi connectivity index (χ1n) is 10.5. The number of aromatic nitrogens is 3. The van der Waals surface area contributed by atoms with E-state index in [2.05, 4.69) is 21.5 Å². The van der Waals surface area contributed by atoms with Crippen LogP contribution in [0.2, 0.25) is 0 Å². The number of nitrogens with one attached hydrogen (secondary N) is 1. The summed E-state index contributed by atoms with van der Waals surface area (Å²) in [5.41, 5.74) is 10.1. The van der Waals surface area contributed by atoms with Crippen LogP contribution in [0.1, 0.15) is 50.3 Å². The highest BCUT2D eigenvalue weighted by atomic mass is 16.2. The number of primary amides is 1. The molecule has 0 saturated carbocycles. The first-order valence-corrected chi connectivity index (χ1v) is 10.5. The Hall–Kier alpha value is -4.51. The van der Waals surface area contributed by atoms with E-state index in [0.29, 0.717) is 40.7 Å². The number of aryl methyl sites for hydroxylation is 1. The fraction of sp³-hybridized carbons (Fsp3) is 0.160. The van der Waals surface area contributed by atoms with Gasteiger partial charge in [-0.15, -0.1) is 0 Å². The number of carbonyl (C=O) groups is 2. The summed E-state index contributed by atoms with van der Waals surface area (Å²) in [4.78, 5) is 29.3. The number of para-hydroxylation sites is 1. The van der Waals surface area contributed by atoms with Gasteiger partial charge >= 0.3 is 0 Å². The number of carbonyl (C=O) groups excluding carboxylic acids is 2. The summed E-state index contributed by atoms with van der Waals surface area (Å²) >= 11 is 0. The predicted octanol–water partition coefficient (Wildman–Crippen LogP) is 3.57. The smallest absolute Gasteiger partial charge is 0.267 e. The molecule has 2 amide bonds. The minimum atomic E-state index is -0.699. The van der Waals surface area contributed by atoms with Crippen molar-refractivity contribution < 1.29 is 9.59 Å². The third-order valence-corrected chi connectivity index (χ3v) is 5.48. The average Bonchev–Trinajstić information content (AvgIpc) is 3.12. The van der Waals surface area contributed by atoms with Gasteiger partial charge in [-0.1, -0.05) is 37.3 Å². The third kappa shape index (κ3) is 4.29. The van der Waals surface area contributed by atoms with E-state index in [1.165, 1.54) is 6.07 Å². The standard InChI is InChI=1S/C25H22N6O2/c1-3-20-23(15(2)31(30-20)14-17-10-8-16(13-26)9-11-17)29-25(33)19-12-22(24(27)32)28-21-7-5-4-6-18(19)21/h4-12H,3,14H2,1-2H3,(H2,27,32)(H,29,33). The van der Waals surface area contributed by atoms with Crippen LogP contribution in [0, 0.1) is 18.3 Å². The van der Waals surface area contributed by atoms with Gasteiger partial charge in [0.25, 0.3) is 11.8 Å². The summed E-state index contributed by atoms with van der Waals surface area (Å²) in [7, 11) is 0. The molecular weight excluding hydrogens is 416 g/mol. The van der Waals surface area contributed by atoms with Crippen molar-refractivity contribution in [3.05, 3.63) is 88.4 Å². The molecule has 8 heteroatoms. The minimum Gasteiger partial charge on any atom is -0.364 e. The van der Waals surface area contributed by atoms with Crippen LogP contribution < -0.4 is 11.1 Å². The second-order valence-electron chi connectivity index (χ2n) is 7.62. The van der Waals surface area contributed by atoms with Crippen LogP contribution in [0.15, 0.2) is 54.6 Å². The maximum Gasteiger partial charge on any atom is 0.267 e. The van der Waals surface area contributed by atoms with E-state index in [1.54, 1.807) is 30.3 Å². The average molecular weight is 438 g/mol. The zero-order chi connectivity index (χ0) is 23.5. The summed E-state index contributed by atoms with van der Waals surface area (Å²) in [5.74, 6) is -1.07. The van der Waals surface area contributed by atoms with Crippen LogP contribution in [-0.2, 0) is 13.0 Å². The second-order valence-corrected chi connectivity index (χ2v) is 7.62. The Balaban J connectivity index is 1.69. The molecule has 4 aromatic rings. The number of anilines is 1. The van der Waals surface area contributed by atoms with Crippen LogP contribution in [0.3, 0.4) is 0 Å². The molecular formula is C25H22N6O2. The fourth-order valence-electron chi connectivity index (χ4n) is 3.70. The molecule has 0 radical (unpaired) electrons. The Morgan fingerprint density at radius 3 is 2.55 bits per heavy atom. The largest absolute Gasteiger partial charge is 0.364 e. The van der Waals surface area contributed by atoms with Crippen molar-refractivity contribution >= 4 is 28.4 Å². The highest BCUT2D eigenvalue weighted by molar-refractivity contribution is 6.14. The molecule has 33 heavy (non-hydrogen) atoms. The molecule has 4 rings (SSSR count). The van der Waals surface area contributed by atoms with Crippen molar-refractivity contribution in [1.29, 1.82) is 5.26 Å². The van der Waals surface area contributed by atoms with Gasteiger partial charge in [-0.05, 0) is 43.2 Å². The van der Waals surface area contributed by atoms with Crippen LogP contribution >= 0.6 is 0 Å². The quantitative estimate of drug-likeness (QED) is 0.476. The minimum absolute atomic E-state index is 0.0304. The van der Waals surface area contributed by atoms with E-state index in [-0.39, 0.29) is 11.6 Å². The number of hydrogen-bond acceptors (Lipinski definition) is 5. The molecule has 0 aliphatic heterocycles. The first kappa shape index (κ1) is 21.7. The lowest BCUT2D eigenvalue weighted by Gasteiger charge is -2.10. The molecule has 0 unspecified atom stereocenters. The van der Waals surface area contributed by atoms with E-state index in [0.717, 1.165) is 17.0 Å². The van der Waals surface area contributed by atoms with Gasteiger partial charge < -0.3 is 11.1 Å². The molecule has 8 nitrogen and oxygen atoms in total. The number of hydrogen-bond donors (Lipinski definition) is 2. The Bertz CT molecular complexity index is 1410. The molecule has 0 saturated heterocycles. The summed E-state index contributed by atoms with van der Waals surface area (Å²) in [5, 5.41) is 17.3. The monoisotopic (exact) mass is 438 g/mol. The number of nitrogens with two attached hydrogens (primary N) is 1. The number of nitrogens with zero attached hydrogens (tertiary/aromatic N) is 4. The molecule has 0 fully saturated rings. The number of fused-ring (bicyclic) bond motifs is 1. The van der Waals surface area contributed by atoms with Crippen LogP contribution in [0.25, 0.3) is 10.9 Å². The molecule has 0 aliphatic rings. The van der Waals surface area contributed by atoms with Crippen molar-refractivity contribution in [3.63, 3.8) is 0 Å². The number of amides is 2. The number of pyridine rings is 1. The van der Waals surface area contributed by atoms with E-state index in [9.17, 15) is 9.59 Å². The molecule has 3 N–H and O–H groups in total. The maximum absolute atomic E-state index is 13.3. The molecule has 2 aromatic heterocycles. The molecule has 164 valence electrons. The first-order chi connectivity index (χ1) is 15.9. The number of benzene rings is 2. The number of nitriles is 1. The van der Waals surface area contributed by atoms with Gasteiger partial charge in [0.05, 0.1) is 46.3 Å². The lowest BCUT2D eigenvalue weighted by Crippen LogP contribution is -2.18. The van der Waals surface area contributed by atoms with Crippen molar-refractivity contribution in [2.24, 2.45) is 5.73 Å². The third-order valence-electron chi connectivity index (χ3n) is 5.48. The molecule has 0 aliphatic carbocycles. The van der Waals surface area contributed by atoms with Crippen molar-refractivity contribution in [2.45, 2.75) is 26.8 Å². The Morgan fingerprint density at radius 1 is 1.15 bits per heavy atom. The summed E-state index contributed by atoms with van der Waals surface area (Å²) in [6.45, 7) is 4.37. The van der Waals surface area contributed by atoms with Crippen LogP contribution in [0.5, 0.6) is 0 Å². The zero-order valence-electron chi connectivity index (χ0n) is 18.3. The lowest BCUT2D eigenvalue weighted by atomic mass is 10.1. The highest BCUT2D eigenvalue weighted by Crippen LogP contribution is 2.25. The maximum atomic E-state index is 13.3. The molecule has 2 aromatic carbocycles. The van der Waals surface area contributed by atoms with Gasteiger partial charge in [-0.2, -0.15) is 10.4 Å². The topological polar surface area (TPSA) is 127 Å². The Morgan fingerprint density at radius 2 is 1.88 bits per heavy atom. The summed E-state index contributed by atoms with van der Waals surface area (Å²) in [6.07, 6.45) is 0.625. The van der Waals surface area contributed by atoms with E-state index in [4.69, 9.17) is 11.0 Å². The summed E-state index contributed by atoms with van der Waals surface area (Å²) < 4.78 is 1.83. The molecule has 2 heterocycles. The van der Waals surface area contributed by atoms with Gasteiger partial charge in [0.1, 0.15) is 5.69 Å². The van der Waals surface area contributed by atoms with Crippen LogP contribution in [0.4, 0.5) is 5.69 Å². The zero-order valence-corrected chi connectivity index (χ0v) is 18.3. The molecule has 0 atom stereocenters. The highest BCUT2D eigenvalue weighted by Gasteiger charge is 2.20.